The van der Waals surface area contributed by atoms with Crippen molar-refractivity contribution in [2.45, 2.75) is 96.3 Å². The summed E-state index contributed by atoms with van der Waals surface area (Å²) in [5.41, 5.74) is 4.29. The molecule has 52 heavy (non-hydrogen) atoms. The third kappa shape index (κ3) is 13.1. The lowest BCUT2D eigenvalue weighted by atomic mass is 9.67. The van der Waals surface area contributed by atoms with E-state index in [0.717, 1.165) is 41.2 Å². The van der Waals surface area contributed by atoms with Crippen molar-refractivity contribution in [3.63, 3.8) is 0 Å². The van der Waals surface area contributed by atoms with Crippen molar-refractivity contribution in [1.29, 1.82) is 0 Å². The van der Waals surface area contributed by atoms with Crippen molar-refractivity contribution in [1.82, 2.24) is 0 Å². The Kier molecular flexibility index (Phi) is 17.8. The average molecular weight is 719 g/mol. The maximum atomic E-state index is 12.1. The molecule has 2 fully saturated rings. The van der Waals surface area contributed by atoms with Gasteiger partial charge in [-0.1, -0.05) is 70.4 Å². The quantitative estimate of drug-likeness (QED) is 0.0676. The number of esters is 2. The van der Waals surface area contributed by atoms with Gasteiger partial charge in [0.15, 0.2) is 0 Å². The van der Waals surface area contributed by atoms with E-state index in [2.05, 4.69) is 44.3 Å². The Morgan fingerprint density at radius 3 is 1.83 bits per heavy atom. The van der Waals surface area contributed by atoms with E-state index in [4.69, 9.17) is 28.4 Å². The summed E-state index contributed by atoms with van der Waals surface area (Å²) in [5, 5.41) is 0. The normalized spacial score (nSPS) is 20.1. The SMILES string of the molecule is C=C(COC)C(=O)OCCCCOc1ccc(-c2ccc(OCCOC(=O)C(=C)COC)cc2C2CCC(C3CCC(CCCC)CC3)CC2)cc1. The molecule has 0 heterocycles. The molecule has 0 aliphatic heterocycles. The average Bonchev–Trinajstić information content (AvgIpc) is 3.17. The first-order valence-electron chi connectivity index (χ1n) is 19.5. The fourth-order valence-corrected chi connectivity index (χ4v) is 7.83. The molecule has 4 rings (SSSR count). The highest BCUT2D eigenvalue weighted by Gasteiger charge is 2.32. The molecule has 0 radical (unpaired) electrons. The summed E-state index contributed by atoms with van der Waals surface area (Å²) in [6, 6.07) is 14.7. The zero-order valence-corrected chi connectivity index (χ0v) is 32.0. The molecular weight excluding hydrogens is 656 g/mol. The van der Waals surface area contributed by atoms with E-state index in [1.54, 1.807) is 0 Å². The van der Waals surface area contributed by atoms with Crippen molar-refractivity contribution in [2.24, 2.45) is 17.8 Å². The fourth-order valence-electron chi connectivity index (χ4n) is 7.83. The van der Waals surface area contributed by atoms with Crippen LogP contribution in [0.2, 0.25) is 0 Å². The summed E-state index contributed by atoms with van der Waals surface area (Å²) >= 11 is 0. The molecule has 0 aromatic heterocycles. The second kappa shape index (κ2) is 22.4. The predicted molar refractivity (Wildman–Crippen MR) is 206 cm³/mol. The first kappa shape index (κ1) is 41.1. The van der Waals surface area contributed by atoms with Crippen molar-refractivity contribution in [3.05, 3.63) is 72.3 Å². The summed E-state index contributed by atoms with van der Waals surface area (Å²) in [6.07, 6.45) is 16.2. The van der Waals surface area contributed by atoms with Crippen LogP contribution in [0.1, 0.15) is 102 Å². The second-order valence-corrected chi connectivity index (χ2v) is 14.6. The monoisotopic (exact) mass is 718 g/mol. The first-order valence-corrected chi connectivity index (χ1v) is 19.5. The van der Waals surface area contributed by atoms with Crippen molar-refractivity contribution in [3.8, 4) is 22.6 Å². The number of rotatable bonds is 22. The number of carbonyl (C=O) groups excluding carboxylic acids is 2. The van der Waals surface area contributed by atoms with Gasteiger partial charge in [-0.05, 0) is 116 Å². The van der Waals surface area contributed by atoms with Gasteiger partial charge in [-0.2, -0.15) is 0 Å². The molecule has 0 saturated heterocycles. The summed E-state index contributed by atoms with van der Waals surface area (Å²) in [7, 11) is 3.04. The molecular formula is C44H62O8. The van der Waals surface area contributed by atoms with Gasteiger partial charge in [0.25, 0.3) is 0 Å². The van der Waals surface area contributed by atoms with Crippen LogP contribution in [0.25, 0.3) is 11.1 Å². The smallest absolute Gasteiger partial charge is 0.335 e. The highest BCUT2D eigenvalue weighted by Crippen LogP contribution is 2.46. The molecule has 0 atom stereocenters. The van der Waals surface area contributed by atoms with E-state index in [9.17, 15) is 9.59 Å². The zero-order valence-electron chi connectivity index (χ0n) is 32.0. The molecule has 2 aliphatic rings. The maximum Gasteiger partial charge on any atom is 0.335 e. The summed E-state index contributed by atoms with van der Waals surface area (Å²) in [6.45, 7) is 11.3. The molecule has 2 aromatic carbocycles. The van der Waals surface area contributed by atoms with Crippen LogP contribution in [0.5, 0.6) is 11.5 Å². The van der Waals surface area contributed by atoms with Crippen molar-refractivity contribution in [2.75, 3.05) is 53.9 Å². The molecule has 2 saturated carbocycles. The van der Waals surface area contributed by atoms with Crippen LogP contribution < -0.4 is 9.47 Å². The molecule has 0 bridgehead atoms. The van der Waals surface area contributed by atoms with Gasteiger partial charge in [-0.25, -0.2) is 9.59 Å². The number of ether oxygens (including phenoxy) is 6. The summed E-state index contributed by atoms with van der Waals surface area (Å²) in [5.74, 6) is 3.85. The number of benzene rings is 2. The van der Waals surface area contributed by atoms with E-state index in [1.807, 2.05) is 18.2 Å². The number of carbonyl (C=O) groups is 2. The number of hydrogen-bond acceptors (Lipinski definition) is 8. The lowest BCUT2D eigenvalue weighted by Gasteiger charge is -2.38. The van der Waals surface area contributed by atoms with Gasteiger partial charge in [0.05, 0.1) is 37.6 Å². The Hall–Kier alpha value is -3.62. The standard InChI is InChI=1S/C44H62O8/c1-6-7-10-34-11-13-35(14-12-34)36-15-17-38(18-16-36)42-29-40(50-27-28-52-44(46)33(3)31-48-5)23-24-41(42)37-19-21-39(22-20-37)49-25-8-9-26-51-43(45)32(2)30-47-4/h19-24,29,34-36,38H,2-3,6-18,25-28,30-31H2,1,4-5H3. The van der Waals surface area contributed by atoms with Crippen LogP contribution in [-0.4, -0.2) is 65.8 Å². The van der Waals surface area contributed by atoms with Crippen LogP contribution in [-0.2, 0) is 28.5 Å². The highest BCUT2D eigenvalue weighted by molar-refractivity contribution is 5.88. The fraction of sp³-hybridized carbons (Fsp3) is 0.591. The van der Waals surface area contributed by atoms with Gasteiger partial charge in [-0.3, -0.25) is 0 Å². The topological polar surface area (TPSA) is 89.5 Å². The Morgan fingerprint density at radius 2 is 1.21 bits per heavy atom. The summed E-state index contributed by atoms with van der Waals surface area (Å²) in [4.78, 5) is 24.0. The third-order valence-electron chi connectivity index (χ3n) is 10.8. The molecule has 286 valence electrons. The zero-order chi connectivity index (χ0) is 37.1. The Morgan fingerprint density at radius 1 is 0.654 bits per heavy atom. The van der Waals surface area contributed by atoms with Gasteiger partial charge in [0.2, 0.25) is 0 Å². The van der Waals surface area contributed by atoms with Crippen LogP contribution in [0, 0.1) is 17.8 Å². The molecule has 8 nitrogen and oxygen atoms in total. The van der Waals surface area contributed by atoms with Gasteiger partial charge in [-0.15, -0.1) is 0 Å². The molecule has 0 spiro atoms. The molecule has 2 aliphatic carbocycles. The lowest BCUT2D eigenvalue weighted by Crippen LogP contribution is -2.25. The Bertz CT molecular complexity index is 1400. The number of hydrogen-bond donors (Lipinski definition) is 0. The van der Waals surface area contributed by atoms with Gasteiger partial charge in [0.1, 0.15) is 24.7 Å². The van der Waals surface area contributed by atoms with Crippen molar-refractivity contribution < 1.29 is 38.0 Å². The van der Waals surface area contributed by atoms with Crippen molar-refractivity contribution >= 4 is 11.9 Å². The van der Waals surface area contributed by atoms with E-state index in [1.165, 1.54) is 96.0 Å². The minimum Gasteiger partial charge on any atom is -0.494 e. The van der Waals surface area contributed by atoms with Crippen LogP contribution >= 0.6 is 0 Å². The maximum absolute atomic E-state index is 12.1. The van der Waals surface area contributed by atoms with Gasteiger partial charge in [0, 0.05) is 14.2 Å². The van der Waals surface area contributed by atoms with Crippen LogP contribution in [0.15, 0.2) is 66.8 Å². The number of unbranched alkanes of at least 4 members (excludes halogenated alkanes) is 2. The van der Waals surface area contributed by atoms with E-state index >= 15 is 0 Å². The molecule has 0 unspecified atom stereocenters. The second-order valence-electron chi connectivity index (χ2n) is 14.6. The molecule has 0 N–H and O–H groups in total. The molecule has 2 aromatic rings. The first-order chi connectivity index (χ1) is 25.3. The molecule has 8 heteroatoms. The van der Waals surface area contributed by atoms with E-state index < -0.39 is 11.9 Å². The van der Waals surface area contributed by atoms with Crippen LogP contribution in [0.3, 0.4) is 0 Å². The van der Waals surface area contributed by atoms with Gasteiger partial charge < -0.3 is 28.4 Å². The largest absolute Gasteiger partial charge is 0.494 e. The number of methoxy groups -OCH3 is 2. The lowest BCUT2D eigenvalue weighted by molar-refractivity contribution is -0.141. The Balaban J connectivity index is 1.35. The minimum atomic E-state index is -0.467. The van der Waals surface area contributed by atoms with E-state index in [0.29, 0.717) is 31.1 Å². The molecule has 0 amide bonds. The van der Waals surface area contributed by atoms with E-state index in [-0.39, 0.29) is 32.0 Å². The van der Waals surface area contributed by atoms with Crippen LogP contribution in [0.4, 0.5) is 0 Å². The predicted octanol–water partition coefficient (Wildman–Crippen LogP) is 9.65. The third-order valence-corrected chi connectivity index (χ3v) is 10.8. The highest BCUT2D eigenvalue weighted by atomic mass is 16.6. The minimum absolute atomic E-state index is 0.140. The Labute approximate surface area is 312 Å². The van der Waals surface area contributed by atoms with Gasteiger partial charge >= 0.3 is 11.9 Å². The summed E-state index contributed by atoms with van der Waals surface area (Å²) < 4.78 is 32.6.